The molecule has 0 aromatic carbocycles. The molecule has 8 aliphatic carbocycles. The summed E-state index contributed by atoms with van der Waals surface area (Å²) in [5, 5.41) is 30.1. The maximum Gasteiger partial charge on any atom is 0.312 e. The minimum atomic E-state index is -1.52. The molecule has 6 heterocycles. The average Bonchev–Trinajstić information content (AvgIpc) is 4.05. The number of imidazole rings is 2. The van der Waals surface area contributed by atoms with E-state index in [1.54, 1.807) is 0 Å². The number of ether oxygens (including phenoxy) is 3. The van der Waals surface area contributed by atoms with Crippen molar-refractivity contribution < 1.29 is 47.9 Å². The van der Waals surface area contributed by atoms with Gasteiger partial charge in [-0.3, -0.25) is 18.7 Å². The van der Waals surface area contributed by atoms with Crippen molar-refractivity contribution in [2.24, 2.45) is 46.3 Å². The number of aromatic nitrogens is 8. The van der Waals surface area contributed by atoms with E-state index >= 15 is 0 Å². The van der Waals surface area contributed by atoms with Crippen LogP contribution in [-0.4, -0.2) is 102 Å². The Morgan fingerprint density at radius 1 is 0.701 bits per heavy atom. The lowest BCUT2D eigenvalue weighted by Crippen LogP contribution is -2.52. The van der Waals surface area contributed by atoms with Crippen molar-refractivity contribution in [3.63, 3.8) is 0 Å². The molecule has 0 amide bonds. The number of hydrogen-bond acceptors (Lipinski definition) is 16. The van der Waals surface area contributed by atoms with Crippen molar-refractivity contribution in [1.82, 2.24) is 39.0 Å². The highest BCUT2D eigenvalue weighted by Crippen LogP contribution is 2.62. The minimum absolute atomic E-state index is 0.0356. The van der Waals surface area contributed by atoms with Crippen molar-refractivity contribution in [3.05, 3.63) is 24.8 Å². The number of nitrogens with zero attached hydrogens (tertiary/aromatic N) is 8. The van der Waals surface area contributed by atoms with Gasteiger partial charge in [0.1, 0.15) is 31.3 Å². The highest BCUT2D eigenvalue weighted by Gasteiger charge is 2.57. The number of fused-ring (bicyclic) bond motifs is 2. The van der Waals surface area contributed by atoms with Gasteiger partial charge in [0.15, 0.2) is 45.2 Å². The molecule has 18 nitrogen and oxygen atoms in total. The summed E-state index contributed by atoms with van der Waals surface area (Å²) in [5.41, 5.74) is 8.49. The Kier molecular flexibility index (Phi) is 11.5. The molecule has 7 N–H and O–H groups in total. The number of aliphatic hydroxyl groups excluding tert-OH is 3. The number of esters is 1. The SMILES string of the molecule is C#C[C@]1(CO)O[C@@H](n2cnc3c(N)nc(F)nc32)C[C@@H]1O.C#C[C@]1(COC(=O)C23CC4CC(CC(C4)C2)C3)O[C@@H](n2cnc3c(N)nc(F)nc32)C[C@@H]1O.O=C(Cl)C12CC3CC(CC(C3)C1)C2. The number of carbonyl (C=O) groups is 2. The molecular formula is C46H53ClF2N10O8. The number of nitrogens with two attached hydrogens (primary N) is 2. The summed E-state index contributed by atoms with van der Waals surface area (Å²) in [6.45, 7) is -0.793. The van der Waals surface area contributed by atoms with Gasteiger partial charge in [-0.2, -0.15) is 28.7 Å². The molecule has 10 fully saturated rings. The van der Waals surface area contributed by atoms with Crippen molar-refractivity contribution in [2.45, 2.75) is 126 Å². The van der Waals surface area contributed by atoms with Crippen LogP contribution in [0.25, 0.3) is 22.3 Å². The summed E-state index contributed by atoms with van der Waals surface area (Å²) in [7, 11) is 0. The minimum Gasteiger partial charge on any atom is -0.461 e. The molecule has 4 aromatic heterocycles. The van der Waals surface area contributed by atoms with Gasteiger partial charge in [-0.25, -0.2) is 9.97 Å². The zero-order chi connectivity index (χ0) is 47.2. The van der Waals surface area contributed by atoms with Gasteiger partial charge in [-0.1, -0.05) is 11.8 Å². The fraction of sp³-hybridized carbons (Fsp3) is 0.652. The maximum atomic E-state index is 13.7. The Morgan fingerprint density at radius 2 is 1.09 bits per heavy atom. The number of hydrogen-bond donors (Lipinski definition) is 5. The molecule has 0 radical (unpaired) electrons. The lowest BCUT2D eigenvalue weighted by atomic mass is 9.49. The van der Waals surface area contributed by atoms with Gasteiger partial charge in [0, 0.05) is 18.3 Å². The molecule has 4 aromatic rings. The van der Waals surface area contributed by atoms with Gasteiger partial charge in [0.05, 0.1) is 24.7 Å². The largest absolute Gasteiger partial charge is 0.461 e. The van der Waals surface area contributed by atoms with Crippen LogP contribution in [0.5, 0.6) is 0 Å². The van der Waals surface area contributed by atoms with E-state index in [1.165, 1.54) is 60.3 Å². The molecule has 0 spiro atoms. The Labute approximate surface area is 388 Å². The summed E-state index contributed by atoms with van der Waals surface area (Å²) in [4.78, 5) is 47.1. The zero-order valence-corrected chi connectivity index (χ0v) is 37.4. The predicted octanol–water partition coefficient (Wildman–Crippen LogP) is 4.12. The molecule has 10 aliphatic rings. The van der Waals surface area contributed by atoms with E-state index in [2.05, 4.69) is 41.7 Å². The molecule has 67 heavy (non-hydrogen) atoms. The second kappa shape index (κ2) is 16.8. The fourth-order valence-corrected chi connectivity index (χ4v) is 14.0. The van der Waals surface area contributed by atoms with Gasteiger partial charge in [0.25, 0.3) is 0 Å². The Balaban J connectivity index is 0.000000131. The maximum absolute atomic E-state index is 13.7. The van der Waals surface area contributed by atoms with Gasteiger partial charge >= 0.3 is 18.1 Å². The van der Waals surface area contributed by atoms with E-state index in [9.17, 15) is 33.7 Å². The van der Waals surface area contributed by atoms with Crippen LogP contribution in [0.2, 0.25) is 0 Å². The monoisotopic (exact) mass is 946 g/mol. The van der Waals surface area contributed by atoms with Crippen LogP contribution in [0.1, 0.15) is 102 Å². The number of rotatable bonds is 7. The molecule has 14 rings (SSSR count). The second-order valence-corrected chi connectivity index (χ2v) is 20.9. The molecule has 8 bridgehead atoms. The lowest BCUT2D eigenvalue weighted by Gasteiger charge is -2.55. The third-order valence-electron chi connectivity index (χ3n) is 16.1. The summed E-state index contributed by atoms with van der Waals surface area (Å²) in [5.74, 6) is 8.63. The van der Waals surface area contributed by atoms with Crippen LogP contribution in [0, 0.1) is 83.2 Å². The highest BCUT2D eigenvalue weighted by molar-refractivity contribution is 6.64. The Hall–Kier alpha value is -5.09. The zero-order valence-electron chi connectivity index (χ0n) is 36.6. The second-order valence-electron chi connectivity index (χ2n) is 20.5. The number of terminal acetylenes is 2. The van der Waals surface area contributed by atoms with Crippen molar-refractivity contribution in [2.75, 3.05) is 24.7 Å². The van der Waals surface area contributed by atoms with Crippen LogP contribution in [-0.2, 0) is 23.8 Å². The van der Waals surface area contributed by atoms with E-state index in [0.29, 0.717) is 17.8 Å². The van der Waals surface area contributed by atoms with Gasteiger partial charge < -0.3 is 41.0 Å². The highest BCUT2D eigenvalue weighted by atomic mass is 35.5. The van der Waals surface area contributed by atoms with Gasteiger partial charge in [-0.05, 0) is 124 Å². The van der Waals surface area contributed by atoms with Crippen LogP contribution in [0.4, 0.5) is 20.4 Å². The topological polar surface area (TPSA) is 262 Å². The number of halogens is 3. The Morgan fingerprint density at radius 3 is 1.46 bits per heavy atom. The first-order valence-electron chi connectivity index (χ1n) is 23.0. The van der Waals surface area contributed by atoms with E-state index < -0.39 is 60.0 Å². The number of anilines is 2. The molecule has 8 saturated carbocycles. The summed E-state index contributed by atoms with van der Waals surface area (Å²) < 4.78 is 47.3. The van der Waals surface area contributed by atoms with Crippen molar-refractivity contribution >= 4 is 56.8 Å². The molecule has 2 saturated heterocycles. The third-order valence-corrected chi connectivity index (χ3v) is 16.6. The standard InChI is InChI=1S/C23H26FN5O4.C12H12FN5O3.C11H15ClO/c1-2-23(10-32-20(31)22-7-12-3-13(8-22)5-14(4-12)9-22)15(30)6-16(33-23)29-11-26-17-18(25)27-21(24)28-19(17)29;1-2-12(4-19)6(20)3-7(21-12)18-5-15-8-9(14)16-11(13)17-10(8)18;12-10(13)11-4-7-1-8(5-11)3-9(2-7)6-11/h1,11-16,30H,3-10H2,(H2,25,27,28);1,5-7,19-20H,3-4H2,(H2,14,16,17);7-9H,1-6H2/t12?,13?,14?,15-,16+,22?,23+;6-,7+,12+;/m00./s1. The molecule has 356 valence electrons. The summed E-state index contributed by atoms with van der Waals surface area (Å²) in [6.07, 6.45) is 22.0. The molecule has 21 heteroatoms. The van der Waals surface area contributed by atoms with E-state index in [-0.39, 0.29) is 70.0 Å². The first-order valence-corrected chi connectivity index (χ1v) is 23.3. The molecule has 6 atom stereocenters. The van der Waals surface area contributed by atoms with Gasteiger partial charge in [-0.15, -0.1) is 12.8 Å². The van der Waals surface area contributed by atoms with Gasteiger partial charge in [0.2, 0.25) is 5.24 Å². The van der Waals surface area contributed by atoms with E-state index in [4.69, 9.17) is 50.1 Å². The van der Waals surface area contributed by atoms with E-state index in [0.717, 1.165) is 56.3 Å². The summed E-state index contributed by atoms with van der Waals surface area (Å²) >= 11 is 5.76. The van der Waals surface area contributed by atoms with Crippen molar-refractivity contribution in [1.29, 1.82) is 0 Å². The van der Waals surface area contributed by atoms with Crippen LogP contribution >= 0.6 is 11.6 Å². The van der Waals surface area contributed by atoms with Crippen molar-refractivity contribution in [3.8, 4) is 24.7 Å². The third kappa shape index (κ3) is 7.87. The smallest absolute Gasteiger partial charge is 0.312 e. The first kappa shape index (κ1) is 45.7. The van der Waals surface area contributed by atoms with Crippen LogP contribution in [0.15, 0.2) is 12.7 Å². The number of nitrogen functional groups attached to an aromatic ring is 2. The first-order chi connectivity index (χ1) is 32.0. The number of aliphatic hydroxyl groups is 3. The van der Waals surface area contributed by atoms with Crippen LogP contribution < -0.4 is 11.5 Å². The molecule has 2 aliphatic heterocycles. The molecule has 0 unspecified atom stereocenters. The van der Waals surface area contributed by atoms with Crippen LogP contribution in [0.3, 0.4) is 0 Å². The normalized spacial score (nSPS) is 38.5. The molecular weight excluding hydrogens is 894 g/mol. The average molecular weight is 947 g/mol. The number of carbonyl (C=O) groups excluding carboxylic acids is 2. The van der Waals surface area contributed by atoms with E-state index in [1.807, 2.05) is 0 Å². The lowest BCUT2D eigenvalue weighted by molar-refractivity contribution is -0.181. The summed E-state index contributed by atoms with van der Waals surface area (Å²) in [6, 6.07) is 0. The predicted molar refractivity (Wildman–Crippen MR) is 234 cm³/mol. The fourth-order valence-electron chi connectivity index (χ4n) is 13.7. The quantitative estimate of drug-likeness (QED) is 0.0755. The Bertz CT molecular complexity index is 2630.